The molecule has 18 heavy (non-hydrogen) atoms. The summed E-state index contributed by atoms with van der Waals surface area (Å²) in [4.78, 5) is 34.8. The molecule has 0 aromatic carbocycles. The Morgan fingerprint density at radius 2 is 2.06 bits per heavy atom. The van der Waals surface area contributed by atoms with E-state index in [-0.39, 0.29) is 12.6 Å². The van der Waals surface area contributed by atoms with Gasteiger partial charge in [-0.05, 0) is 0 Å². The number of nitrogens with zero attached hydrogens (tertiary/aromatic N) is 1. The molecule has 1 saturated heterocycles. The fourth-order valence-corrected chi connectivity index (χ4v) is 2.52. The van der Waals surface area contributed by atoms with Crippen LogP contribution in [0.2, 0.25) is 0 Å². The van der Waals surface area contributed by atoms with Gasteiger partial charge in [0.25, 0.3) is 0 Å². The molecule has 1 atom stereocenters. The number of aliphatic carboxylic acids is 1. The molecule has 1 heterocycles. The van der Waals surface area contributed by atoms with Crippen molar-refractivity contribution >= 4 is 29.7 Å². The van der Waals surface area contributed by atoms with Crippen LogP contribution < -0.4 is 10.6 Å². The summed E-state index contributed by atoms with van der Waals surface area (Å²) in [5.74, 6) is -0.735. The van der Waals surface area contributed by atoms with Crippen LogP contribution in [-0.4, -0.2) is 65.1 Å². The highest BCUT2D eigenvalue weighted by Gasteiger charge is 2.21. The Kier molecular flexibility index (Phi) is 5.76. The van der Waals surface area contributed by atoms with E-state index in [2.05, 4.69) is 10.6 Å². The molecule has 8 heteroatoms. The molecule has 1 fully saturated rings. The monoisotopic (exact) mass is 275 g/mol. The molecule has 0 bridgehead atoms. The number of amides is 3. The largest absolute Gasteiger partial charge is 0.480 e. The Labute approximate surface area is 109 Å². The average Bonchev–Trinajstić information content (AvgIpc) is 2.33. The minimum Gasteiger partial charge on any atom is -0.480 e. The summed E-state index contributed by atoms with van der Waals surface area (Å²) in [6, 6.07) is -0.285. The topological polar surface area (TPSA) is 98.7 Å². The molecule has 1 aliphatic heterocycles. The van der Waals surface area contributed by atoms with E-state index in [4.69, 9.17) is 5.11 Å². The number of urea groups is 1. The molecule has 1 rings (SSSR count). The van der Waals surface area contributed by atoms with Gasteiger partial charge in [0.1, 0.15) is 6.54 Å². The molecule has 7 nitrogen and oxygen atoms in total. The number of carboxylic acids is 1. The van der Waals surface area contributed by atoms with E-state index in [0.29, 0.717) is 18.3 Å². The fraction of sp³-hybridized carbons (Fsp3) is 0.700. The maximum atomic E-state index is 11.7. The Morgan fingerprint density at radius 1 is 1.33 bits per heavy atom. The molecule has 1 aliphatic rings. The second kappa shape index (κ2) is 7.10. The van der Waals surface area contributed by atoms with Crippen molar-refractivity contribution < 1.29 is 19.5 Å². The Hall–Kier alpha value is -1.44. The predicted molar refractivity (Wildman–Crippen MR) is 67.5 cm³/mol. The Bertz CT molecular complexity index is 337. The molecule has 0 spiro atoms. The van der Waals surface area contributed by atoms with E-state index in [0.717, 1.165) is 5.75 Å². The van der Waals surface area contributed by atoms with Gasteiger partial charge in [-0.1, -0.05) is 6.92 Å². The molecular formula is C10H17N3O4S. The van der Waals surface area contributed by atoms with E-state index in [1.54, 1.807) is 4.90 Å². The third kappa shape index (κ3) is 5.26. The number of nitrogens with one attached hydrogen (secondary N) is 2. The van der Waals surface area contributed by atoms with Crippen molar-refractivity contribution in [1.82, 2.24) is 15.5 Å². The number of carboxylic acid groups (broad SMARTS) is 1. The zero-order valence-corrected chi connectivity index (χ0v) is 11.0. The molecule has 0 saturated carbocycles. The van der Waals surface area contributed by atoms with Crippen LogP contribution in [0.25, 0.3) is 0 Å². The molecule has 0 aliphatic carbocycles. The van der Waals surface area contributed by atoms with E-state index in [1.165, 1.54) is 0 Å². The maximum absolute atomic E-state index is 11.7. The van der Waals surface area contributed by atoms with E-state index in [9.17, 15) is 14.4 Å². The van der Waals surface area contributed by atoms with Gasteiger partial charge in [0.15, 0.2) is 0 Å². The first-order valence-corrected chi connectivity index (χ1v) is 6.66. The first-order chi connectivity index (χ1) is 8.49. The van der Waals surface area contributed by atoms with Gasteiger partial charge in [0.2, 0.25) is 5.91 Å². The van der Waals surface area contributed by atoms with E-state index >= 15 is 0 Å². The molecule has 0 aromatic rings. The molecular weight excluding hydrogens is 258 g/mol. The highest BCUT2D eigenvalue weighted by molar-refractivity contribution is 7.99. The lowest BCUT2D eigenvalue weighted by atomic mass is 10.4. The average molecular weight is 275 g/mol. The first-order valence-electron chi connectivity index (χ1n) is 5.62. The van der Waals surface area contributed by atoms with Crippen molar-refractivity contribution in [3.05, 3.63) is 0 Å². The number of carbonyl (C=O) groups excluding carboxylic acids is 2. The maximum Gasteiger partial charge on any atom is 0.322 e. The quantitative estimate of drug-likeness (QED) is 0.632. The molecule has 3 amide bonds. The summed E-state index contributed by atoms with van der Waals surface area (Å²) >= 11 is 1.81. The summed E-state index contributed by atoms with van der Waals surface area (Å²) in [7, 11) is 0. The van der Waals surface area contributed by atoms with Crippen LogP contribution in [0.4, 0.5) is 4.79 Å². The van der Waals surface area contributed by atoms with Crippen molar-refractivity contribution in [2.75, 3.05) is 31.9 Å². The number of hydrogen-bond acceptors (Lipinski definition) is 4. The van der Waals surface area contributed by atoms with Crippen molar-refractivity contribution in [3.8, 4) is 0 Å². The lowest BCUT2D eigenvalue weighted by Gasteiger charge is -2.30. The van der Waals surface area contributed by atoms with Crippen LogP contribution in [0.15, 0.2) is 0 Å². The summed E-state index contributed by atoms with van der Waals surface area (Å²) in [5.41, 5.74) is 0. The standard InChI is InChI=1S/C10H17N3O4S/c1-7-6-13(2-3-18-7)10(17)12-4-8(14)11-5-9(15)16/h7H,2-6H2,1H3,(H,11,14)(H,12,17)(H,15,16). The van der Waals surface area contributed by atoms with Gasteiger partial charge < -0.3 is 20.6 Å². The number of rotatable bonds is 4. The third-order valence-electron chi connectivity index (χ3n) is 2.37. The van der Waals surface area contributed by atoms with Crippen LogP contribution in [0.1, 0.15) is 6.92 Å². The Morgan fingerprint density at radius 3 is 2.67 bits per heavy atom. The van der Waals surface area contributed by atoms with Gasteiger partial charge in [-0.25, -0.2) is 4.79 Å². The smallest absolute Gasteiger partial charge is 0.322 e. The van der Waals surface area contributed by atoms with Crippen molar-refractivity contribution in [2.24, 2.45) is 0 Å². The summed E-state index contributed by atoms with van der Waals surface area (Å²) in [6.07, 6.45) is 0. The number of hydrogen-bond donors (Lipinski definition) is 3. The molecule has 0 aromatic heterocycles. The summed E-state index contributed by atoms with van der Waals surface area (Å²) in [5, 5.41) is 13.4. The van der Waals surface area contributed by atoms with Crippen LogP contribution >= 0.6 is 11.8 Å². The first kappa shape index (κ1) is 14.6. The minimum absolute atomic E-state index is 0.204. The van der Waals surface area contributed by atoms with Crippen molar-refractivity contribution in [1.29, 1.82) is 0 Å². The van der Waals surface area contributed by atoms with Crippen molar-refractivity contribution in [2.45, 2.75) is 12.2 Å². The van der Waals surface area contributed by atoms with E-state index in [1.807, 2.05) is 18.7 Å². The zero-order chi connectivity index (χ0) is 13.5. The van der Waals surface area contributed by atoms with Gasteiger partial charge in [-0.2, -0.15) is 11.8 Å². The predicted octanol–water partition coefficient (Wildman–Crippen LogP) is -0.666. The van der Waals surface area contributed by atoms with Gasteiger partial charge in [0, 0.05) is 24.1 Å². The Balaban J connectivity index is 2.23. The second-order valence-electron chi connectivity index (χ2n) is 3.96. The van der Waals surface area contributed by atoms with Crippen LogP contribution in [-0.2, 0) is 9.59 Å². The summed E-state index contributed by atoms with van der Waals surface area (Å²) in [6.45, 7) is 2.73. The zero-order valence-electron chi connectivity index (χ0n) is 10.1. The molecule has 3 N–H and O–H groups in total. The SMILES string of the molecule is CC1CN(C(=O)NCC(=O)NCC(=O)O)CCS1. The lowest BCUT2D eigenvalue weighted by Crippen LogP contribution is -2.49. The molecule has 102 valence electrons. The second-order valence-corrected chi connectivity index (χ2v) is 5.50. The van der Waals surface area contributed by atoms with Gasteiger partial charge in [0.05, 0.1) is 6.54 Å². The number of carbonyl (C=O) groups is 3. The van der Waals surface area contributed by atoms with E-state index < -0.39 is 18.4 Å². The van der Waals surface area contributed by atoms with Crippen LogP contribution in [0.3, 0.4) is 0 Å². The van der Waals surface area contributed by atoms with Crippen LogP contribution in [0, 0.1) is 0 Å². The lowest BCUT2D eigenvalue weighted by molar-refractivity contribution is -0.137. The minimum atomic E-state index is -1.11. The van der Waals surface area contributed by atoms with Crippen LogP contribution in [0.5, 0.6) is 0 Å². The highest BCUT2D eigenvalue weighted by Crippen LogP contribution is 2.17. The number of thioether (sulfide) groups is 1. The van der Waals surface area contributed by atoms with Gasteiger partial charge >= 0.3 is 12.0 Å². The van der Waals surface area contributed by atoms with Gasteiger partial charge in [-0.3, -0.25) is 9.59 Å². The fourth-order valence-electron chi connectivity index (χ4n) is 1.51. The third-order valence-corrected chi connectivity index (χ3v) is 3.50. The van der Waals surface area contributed by atoms with Gasteiger partial charge in [-0.15, -0.1) is 0 Å². The van der Waals surface area contributed by atoms with Crippen molar-refractivity contribution in [3.63, 3.8) is 0 Å². The highest BCUT2D eigenvalue weighted by atomic mass is 32.2. The molecule has 0 radical (unpaired) electrons. The normalized spacial score (nSPS) is 19.2. The summed E-state index contributed by atoms with van der Waals surface area (Å²) < 4.78 is 0. The molecule has 1 unspecified atom stereocenters.